The fourth-order valence-electron chi connectivity index (χ4n) is 3.65. The molecule has 0 fully saturated rings. The Bertz CT molecular complexity index is 568. The maximum Gasteiger partial charge on any atom is 0.150 e. The van der Waals surface area contributed by atoms with E-state index in [1.807, 2.05) is 7.05 Å². The molecule has 2 rings (SSSR count). The van der Waals surface area contributed by atoms with Crippen molar-refractivity contribution in [3.63, 3.8) is 0 Å². The number of aryl methyl sites for hydroxylation is 1. The number of fused-ring (bicyclic) bond motifs is 1. The predicted molar refractivity (Wildman–Crippen MR) is 88.5 cm³/mol. The first-order chi connectivity index (χ1) is 10.0. The van der Waals surface area contributed by atoms with Gasteiger partial charge in [-0.05, 0) is 50.3 Å². The standard InChI is InChI=1S/C17H27NO2S/c1-3-21(19,20)13-7-12-17(14-18-2)11-6-9-15-8-4-5-10-16(15)17/h4-5,8,10,18H,3,6-7,9,11-14H2,1-2H3. The number of hydrogen-bond acceptors (Lipinski definition) is 3. The second-order valence-corrected chi connectivity index (χ2v) is 8.63. The summed E-state index contributed by atoms with van der Waals surface area (Å²) in [7, 11) is -0.872. The van der Waals surface area contributed by atoms with Crippen LogP contribution in [0.2, 0.25) is 0 Å². The lowest BCUT2D eigenvalue weighted by Crippen LogP contribution is -2.40. The predicted octanol–water partition coefficient (Wildman–Crippen LogP) is 2.70. The Morgan fingerprint density at radius 2 is 2.05 bits per heavy atom. The van der Waals surface area contributed by atoms with Crippen molar-refractivity contribution in [2.75, 3.05) is 25.1 Å². The lowest BCUT2D eigenvalue weighted by Gasteiger charge is -2.39. The monoisotopic (exact) mass is 309 g/mol. The highest BCUT2D eigenvalue weighted by Crippen LogP contribution is 2.40. The molecule has 0 aliphatic heterocycles. The van der Waals surface area contributed by atoms with E-state index in [0.29, 0.717) is 5.75 Å². The van der Waals surface area contributed by atoms with E-state index in [0.717, 1.165) is 32.2 Å². The van der Waals surface area contributed by atoms with Gasteiger partial charge in [-0.2, -0.15) is 0 Å². The second kappa shape index (κ2) is 6.93. The number of rotatable bonds is 7. The molecule has 1 N–H and O–H groups in total. The van der Waals surface area contributed by atoms with Crippen LogP contribution in [0, 0.1) is 0 Å². The van der Waals surface area contributed by atoms with Crippen LogP contribution in [-0.2, 0) is 21.7 Å². The largest absolute Gasteiger partial charge is 0.319 e. The SMILES string of the molecule is CCS(=O)(=O)CCCC1(CNC)CCCc2ccccc21. The Balaban J connectivity index is 2.18. The lowest BCUT2D eigenvalue weighted by molar-refractivity contribution is 0.321. The highest BCUT2D eigenvalue weighted by molar-refractivity contribution is 7.91. The first-order valence-corrected chi connectivity index (χ1v) is 9.78. The molecule has 0 saturated heterocycles. The number of nitrogens with one attached hydrogen (secondary N) is 1. The van der Waals surface area contributed by atoms with Crippen LogP contribution in [0.15, 0.2) is 24.3 Å². The second-order valence-electron chi connectivity index (χ2n) is 6.16. The van der Waals surface area contributed by atoms with Crippen molar-refractivity contribution in [1.82, 2.24) is 5.32 Å². The molecule has 118 valence electrons. The average Bonchev–Trinajstić information content (AvgIpc) is 2.48. The summed E-state index contributed by atoms with van der Waals surface area (Å²) < 4.78 is 23.5. The van der Waals surface area contributed by atoms with Crippen molar-refractivity contribution in [2.24, 2.45) is 0 Å². The summed E-state index contributed by atoms with van der Waals surface area (Å²) >= 11 is 0. The summed E-state index contributed by atoms with van der Waals surface area (Å²) in [5, 5.41) is 3.33. The molecule has 1 unspecified atom stereocenters. The van der Waals surface area contributed by atoms with Crippen molar-refractivity contribution in [1.29, 1.82) is 0 Å². The number of sulfone groups is 1. The van der Waals surface area contributed by atoms with E-state index in [2.05, 4.69) is 29.6 Å². The van der Waals surface area contributed by atoms with Gasteiger partial charge in [0.15, 0.2) is 0 Å². The zero-order chi connectivity index (χ0) is 15.3. The van der Waals surface area contributed by atoms with Gasteiger partial charge < -0.3 is 5.32 Å². The molecule has 0 radical (unpaired) electrons. The van der Waals surface area contributed by atoms with Gasteiger partial charge in [0.1, 0.15) is 9.84 Å². The highest BCUT2D eigenvalue weighted by Gasteiger charge is 2.35. The maximum atomic E-state index is 11.7. The molecule has 4 heteroatoms. The summed E-state index contributed by atoms with van der Waals surface area (Å²) in [5.41, 5.74) is 2.98. The Hall–Kier alpha value is -0.870. The van der Waals surface area contributed by atoms with E-state index >= 15 is 0 Å². The molecule has 1 aromatic carbocycles. The highest BCUT2D eigenvalue weighted by atomic mass is 32.2. The molecule has 0 amide bonds. The lowest BCUT2D eigenvalue weighted by atomic mass is 9.67. The molecule has 1 atom stereocenters. The van der Waals surface area contributed by atoms with E-state index in [4.69, 9.17) is 0 Å². The minimum Gasteiger partial charge on any atom is -0.319 e. The van der Waals surface area contributed by atoms with Gasteiger partial charge in [-0.3, -0.25) is 0 Å². The Labute approximate surface area is 129 Å². The van der Waals surface area contributed by atoms with Gasteiger partial charge in [0.25, 0.3) is 0 Å². The molecule has 21 heavy (non-hydrogen) atoms. The normalized spacial score (nSPS) is 22.0. The van der Waals surface area contributed by atoms with Crippen LogP contribution in [0.5, 0.6) is 0 Å². The zero-order valence-corrected chi connectivity index (χ0v) is 14.0. The van der Waals surface area contributed by atoms with E-state index in [1.165, 1.54) is 17.5 Å². The Kier molecular flexibility index (Phi) is 5.44. The third kappa shape index (κ3) is 3.86. The summed E-state index contributed by atoms with van der Waals surface area (Å²) in [6.07, 6.45) is 5.20. The Morgan fingerprint density at radius 3 is 2.76 bits per heavy atom. The average molecular weight is 309 g/mol. The van der Waals surface area contributed by atoms with Gasteiger partial charge in [0, 0.05) is 17.7 Å². The molecule has 0 bridgehead atoms. The summed E-state index contributed by atoms with van der Waals surface area (Å²) in [4.78, 5) is 0. The van der Waals surface area contributed by atoms with E-state index in [1.54, 1.807) is 6.92 Å². The van der Waals surface area contributed by atoms with Gasteiger partial charge in [-0.25, -0.2) is 8.42 Å². The third-order valence-electron chi connectivity index (χ3n) is 4.76. The van der Waals surface area contributed by atoms with E-state index < -0.39 is 9.84 Å². The maximum absolute atomic E-state index is 11.7. The molecule has 0 aromatic heterocycles. The molecule has 1 aliphatic carbocycles. The van der Waals surface area contributed by atoms with E-state index in [-0.39, 0.29) is 11.2 Å². The van der Waals surface area contributed by atoms with Crippen molar-refractivity contribution in [3.8, 4) is 0 Å². The number of likely N-dealkylation sites (N-methyl/N-ethyl adjacent to an activating group) is 1. The summed E-state index contributed by atoms with van der Waals surface area (Å²) in [5.74, 6) is 0.569. The first-order valence-electron chi connectivity index (χ1n) is 7.96. The molecule has 1 aliphatic rings. The van der Waals surface area contributed by atoms with Crippen molar-refractivity contribution in [2.45, 2.75) is 44.4 Å². The molecule has 1 aromatic rings. The number of hydrogen-bond donors (Lipinski definition) is 1. The minimum atomic E-state index is -2.86. The van der Waals surface area contributed by atoms with Crippen molar-refractivity contribution >= 4 is 9.84 Å². The molecule has 0 heterocycles. The van der Waals surface area contributed by atoms with Gasteiger partial charge in [0.2, 0.25) is 0 Å². The van der Waals surface area contributed by atoms with Crippen LogP contribution in [0.4, 0.5) is 0 Å². The van der Waals surface area contributed by atoms with Gasteiger partial charge in [0.05, 0.1) is 5.75 Å². The fourth-order valence-corrected chi connectivity index (χ4v) is 4.53. The smallest absolute Gasteiger partial charge is 0.150 e. The van der Waals surface area contributed by atoms with Crippen LogP contribution < -0.4 is 5.32 Å². The molecule has 0 spiro atoms. The van der Waals surface area contributed by atoms with Crippen molar-refractivity contribution < 1.29 is 8.42 Å². The van der Waals surface area contributed by atoms with E-state index in [9.17, 15) is 8.42 Å². The summed E-state index contributed by atoms with van der Waals surface area (Å²) in [6, 6.07) is 8.68. The topological polar surface area (TPSA) is 46.2 Å². The fraction of sp³-hybridized carbons (Fsp3) is 0.647. The van der Waals surface area contributed by atoms with Gasteiger partial charge in [-0.15, -0.1) is 0 Å². The van der Waals surface area contributed by atoms with Crippen LogP contribution in [0.1, 0.15) is 43.7 Å². The Morgan fingerprint density at radius 1 is 1.29 bits per heavy atom. The van der Waals surface area contributed by atoms with Gasteiger partial charge >= 0.3 is 0 Å². The molecular formula is C17H27NO2S. The minimum absolute atomic E-state index is 0.104. The molecular weight excluding hydrogens is 282 g/mol. The van der Waals surface area contributed by atoms with Crippen LogP contribution in [-0.4, -0.2) is 33.5 Å². The zero-order valence-electron chi connectivity index (χ0n) is 13.2. The van der Waals surface area contributed by atoms with Crippen LogP contribution >= 0.6 is 0 Å². The third-order valence-corrected chi connectivity index (χ3v) is 6.55. The molecule has 0 saturated carbocycles. The first kappa shape index (κ1) is 16.5. The quantitative estimate of drug-likeness (QED) is 0.842. The molecule has 3 nitrogen and oxygen atoms in total. The van der Waals surface area contributed by atoms with Crippen molar-refractivity contribution in [3.05, 3.63) is 35.4 Å². The van der Waals surface area contributed by atoms with Crippen LogP contribution in [0.3, 0.4) is 0 Å². The summed E-state index contributed by atoms with van der Waals surface area (Å²) in [6.45, 7) is 2.66. The van der Waals surface area contributed by atoms with Gasteiger partial charge in [-0.1, -0.05) is 31.2 Å². The van der Waals surface area contributed by atoms with Crippen LogP contribution in [0.25, 0.3) is 0 Å². The number of benzene rings is 1.